The summed E-state index contributed by atoms with van der Waals surface area (Å²) in [4.78, 5) is 92.7. The number of likely N-dealkylation sites (tertiary alicyclic amines) is 1. The zero-order valence-corrected chi connectivity index (χ0v) is 33.3. The summed E-state index contributed by atoms with van der Waals surface area (Å²) in [7, 11) is 0. The number of nitrogens with zero attached hydrogens (tertiary/aromatic N) is 1. The predicted molar refractivity (Wildman–Crippen MR) is 208 cm³/mol. The molecule has 0 saturated carbocycles. The number of nitrogens with one attached hydrogen (secondary N) is 3. The Balaban J connectivity index is 1.40. The predicted octanol–water partition coefficient (Wildman–Crippen LogP) is 5.07. The summed E-state index contributed by atoms with van der Waals surface area (Å²) >= 11 is 0. The van der Waals surface area contributed by atoms with E-state index in [0.717, 1.165) is 5.56 Å². The van der Waals surface area contributed by atoms with E-state index < -0.39 is 83.5 Å². The number of Topliss-reactive ketones (excluding diaryl/α,β-unsaturated/α-hetero) is 1. The van der Waals surface area contributed by atoms with Crippen molar-refractivity contribution in [1.29, 1.82) is 0 Å². The third-order valence-corrected chi connectivity index (χ3v) is 9.69. The van der Waals surface area contributed by atoms with E-state index in [1.54, 1.807) is 62.4 Å². The minimum atomic E-state index is -5.16. The number of halogens is 3. The van der Waals surface area contributed by atoms with Gasteiger partial charge in [-0.05, 0) is 66.5 Å². The molecule has 1 unspecified atom stereocenters. The summed E-state index contributed by atoms with van der Waals surface area (Å²) in [5.41, 5.74) is 1.63. The molecule has 1 heterocycles. The fraction of sp³-hybridized carbons (Fsp3) is 0.419. The lowest BCUT2D eigenvalue weighted by Gasteiger charge is -2.32. The molecule has 0 radical (unpaired) electrons. The van der Waals surface area contributed by atoms with E-state index >= 15 is 0 Å². The molecule has 3 N–H and O–H groups in total. The fourth-order valence-corrected chi connectivity index (χ4v) is 6.35. The van der Waals surface area contributed by atoms with Gasteiger partial charge in [0.2, 0.25) is 11.8 Å². The molecular formula is C43H49F3N4O9. The van der Waals surface area contributed by atoms with Crippen LogP contribution in [-0.4, -0.2) is 83.1 Å². The average molecular weight is 823 g/mol. The van der Waals surface area contributed by atoms with Gasteiger partial charge in [-0.15, -0.1) is 0 Å². The summed E-state index contributed by atoms with van der Waals surface area (Å²) in [6, 6.07) is 17.9. The van der Waals surface area contributed by atoms with E-state index in [9.17, 15) is 46.7 Å². The Kier molecular flexibility index (Phi) is 16.3. The Morgan fingerprint density at radius 1 is 0.695 bits per heavy atom. The maximum atomic E-state index is 13.8. The van der Waals surface area contributed by atoms with Gasteiger partial charge in [-0.2, -0.15) is 13.2 Å². The van der Waals surface area contributed by atoms with Gasteiger partial charge in [-0.25, -0.2) is 4.79 Å². The first-order chi connectivity index (χ1) is 28.0. The topological polar surface area (TPSA) is 177 Å². The molecule has 0 aromatic heterocycles. The first-order valence-corrected chi connectivity index (χ1v) is 19.3. The first kappa shape index (κ1) is 45.6. The number of hydrogen-bond acceptors (Lipinski definition) is 9. The van der Waals surface area contributed by atoms with Crippen molar-refractivity contribution in [2.24, 2.45) is 11.8 Å². The molecule has 0 bridgehead atoms. The second-order valence-corrected chi connectivity index (χ2v) is 14.9. The molecule has 4 rings (SSSR count). The van der Waals surface area contributed by atoms with Gasteiger partial charge < -0.3 is 30.3 Å². The molecule has 13 nitrogen and oxygen atoms in total. The highest BCUT2D eigenvalue weighted by molar-refractivity contribution is 6.01. The first-order valence-electron chi connectivity index (χ1n) is 19.3. The standard InChI is InChI=1S/C43H49F3N4O9/c1-26(2)35(37(52)43(44,45)46)48-40(55)33-16-11-23-50(33)41(56)36(27(3)4)49-39(54)31-19-17-30(18-20-31)38(53)47-32(42(57)59-25-29-14-9-6-10-15-29)21-22-34(51)58-24-28-12-7-5-8-13-28/h5-10,12-15,17-20,26-27,32-33,35-36H,11,16,21-25H2,1-4H3,(H,47,53)(H,48,55)(H,49,54)/t32-,33-,35?,36-/m0/s1. The number of carbonyl (C=O) groups is 7. The van der Waals surface area contributed by atoms with E-state index in [0.29, 0.717) is 12.0 Å². The van der Waals surface area contributed by atoms with Crippen LogP contribution in [0.4, 0.5) is 13.2 Å². The van der Waals surface area contributed by atoms with Gasteiger partial charge in [0, 0.05) is 24.1 Å². The van der Waals surface area contributed by atoms with Gasteiger partial charge in [0.25, 0.3) is 17.6 Å². The van der Waals surface area contributed by atoms with E-state index in [1.165, 1.54) is 43.0 Å². The van der Waals surface area contributed by atoms with Crippen LogP contribution in [-0.2, 0) is 46.7 Å². The number of esters is 2. The molecular weight excluding hydrogens is 773 g/mol. The zero-order valence-electron chi connectivity index (χ0n) is 33.3. The van der Waals surface area contributed by atoms with Crippen molar-refractivity contribution >= 4 is 41.4 Å². The van der Waals surface area contributed by atoms with Crippen molar-refractivity contribution in [1.82, 2.24) is 20.9 Å². The van der Waals surface area contributed by atoms with E-state index in [4.69, 9.17) is 9.47 Å². The van der Waals surface area contributed by atoms with Crippen molar-refractivity contribution < 1.29 is 56.2 Å². The van der Waals surface area contributed by atoms with Gasteiger partial charge in [-0.3, -0.25) is 28.8 Å². The van der Waals surface area contributed by atoms with Crippen LogP contribution in [0.2, 0.25) is 0 Å². The summed E-state index contributed by atoms with van der Waals surface area (Å²) in [6.07, 6.45) is -4.97. The molecule has 1 saturated heterocycles. The summed E-state index contributed by atoms with van der Waals surface area (Å²) < 4.78 is 50.5. The van der Waals surface area contributed by atoms with Crippen LogP contribution in [0.15, 0.2) is 84.9 Å². The van der Waals surface area contributed by atoms with Gasteiger partial charge in [0.15, 0.2) is 0 Å². The van der Waals surface area contributed by atoms with Gasteiger partial charge in [0.05, 0.1) is 6.04 Å². The number of carbonyl (C=O) groups excluding carboxylic acids is 7. The van der Waals surface area contributed by atoms with E-state index in [2.05, 4.69) is 16.0 Å². The molecule has 4 atom stereocenters. The van der Waals surface area contributed by atoms with Crippen LogP contribution in [0.1, 0.15) is 85.2 Å². The lowest BCUT2D eigenvalue weighted by molar-refractivity contribution is -0.175. The highest BCUT2D eigenvalue weighted by Gasteiger charge is 2.46. The number of amides is 4. The number of rotatable bonds is 18. The molecule has 4 amide bonds. The number of ketones is 1. The largest absolute Gasteiger partial charge is 0.461 e. The van der Waals surface area contributed by atoms with Crippen molar-refractivity contribution in [3.8, 4) is 0 Å². The van der Waals surface area contributed by atoms with Crippen molar-refractivity contribution in [3.05, 3.63) is 107 Å². The third-order valence-electron chi connectivity index (χ3n) is 9.69. The van der Waals surface area contributed by atoms with E-state index in [1.807, 2.05) is 12.1 Å². The van der Waals surface area contributed by atoms with Crippen LogP contribution in [0, 0.1) is 11.8 Å². The molecule has 0 aliphatic carbocycles. The molecule has 0 spiro atoms. The van der Waals surface area contributed by atoms with Crippen LogP contribution >= 0.6 is 0 Å². The fourth-order valence-electron chi connectivity index (χ4n) is 6.35. The highest BCUT2D eigenvalue weighted by atomic mass is 19.4. The molecule has 1 aliphatic heterocycles. The molecule has 316 valence electrons. The summed E-state index contributed by atoms with van der Waals surface area (Å²) in [5, 5.41) is 7.46. The summed E-state index contributed by atoms with van der Waals surface area (Å²) in [5.74, 6) is -7.70. The van der Waals surface area contributed by atoms with Crippen LogP contribution in [0.25, 0.3) is 0 Å². The minimum absolute atomic E-state index is 0.0351. The highest BCUT2D eigenvalue weighted by Crippen LogP contribution is 2.24. The van der Waals surface area contributed by atoms with Crippen LogP contribution in [0.3, 0.4) is 0 Å². The maximum absolute atomic E-state index is 13.8. The van der Waals surface area contributed by atoms with Gasteiger partial charge in [0.1, 0.15) is 31.3 Å². The van der Waals surface area contributed by atoms with E-state index in [-0.39, 0.29) is 50.1 Å². The quantitative estimate of drug-likeness (QED) is 0.148. The van der Waals surface area contributed by atoms with Gasteiger partial charge >= 0.3 is 18.1 Å². The van der Waals surface area contributed by atoms with Crippen molar-refractivity contribution in [3.63, 3.8) is 0 Å². The molecule has 1 aliphatic rings. The Bertz CT molecular complexity index is 1940. The number of hydrogen-bond donors (Lipinski definition) is 3. The van der Waals surface area contributed by atoms with Crippen LogP contribution in [0.5, 0.6) is 0 Å². The Hall–Kier alpha value is -6.06. The number of alkyl halides is 3. The summed E-state index contributed by atoms with van der Waals surface area (Å²) in [6.45, 7) is 6.14. The smallest absolute Gasteiger partial charge is 0.452 e. The van der Waals surface area contributed by atoms with Crippen molar-refractivity contribution in [2.45, 2.75) is 96.9 Å². The van der Waals surface area contributed by atoms with Crippen molar-refractivity contribution in [2.75, 3.05) is 6.54 Å². The maximum Gasteiger partial charge on any atom is 0.452 e. The Morgan fingerprint density at radius 3 is 1.71 bits per heavy atom. The minimum Gasteiger partial charge on any atom is -0.461 e. The second-order valence-electron chi connectivity index (χ2n) is 14.9. The third kappa shape index (κ3) is 13.2. The molecule has 3 aromatic carbocycles. The average Bonchev–Trinajstić information content (AvgIpc) is 3.72. The van der Waals surface area contributed by atoms with Gasteiger partial charge in [-0.1, -0.05) is 88.4 Å². The lowest BCUT2D eigenvalue weighted by atomic mass is 9.98. The molecule has 3 aromatic rings. The Labute approximate surface area is 340 Å². The van der Waals surface area contributed by atoms with Crippen LogP contribution < -0.4 is 16.0 Å². The molecule has 16 heteroatoms. The monoisotopic (exact) mass is 822 g/mol. The Morgan fingerprint density at radius 2 is 1.20 bits per heavy atom. The number of ether oxygens (including phenoxy) is 2. The second kappa shape index (κ2) is 21.1. The normalized spacial score (nSPS) is 15.5. The number of benzene rings is 3. The molecule has 1 fully saturated rings. The molecule has 59 heavy (non-hydrogen) atoms. The SMILES string of the molecule is CC(C)C(NC(=O)[C@@H]1CCCN1C(=O)[C@@H](NC(=O)c1ccc(C(=O)N[C@@H](CCC(=O)OCc2ccccc2)C(=O)OCc2ccccc2)cc1)C(C)C)C(=O)C(F)(F)F. The zero-order chi connectivity index (χ0) is 43.3. The lowest BCUT2D eigenvalue weighted by Crippen LogP contribution is -2.58.